The zero-order valence-corrected chi connectivity index (χ0v) is 15.4. The molecule has 0 aliphatic carbocycles. The molecule has 27 heavy (non-hydrogen) atoms. The standard InChI is InChI=1S/C19H22N6O2/c1-4-14(10-22-13(2)27-3)16-11-23-17-18(24-16)25(9-8-20-17)12-15-6-5-7-21-19(15)26/h4-7,10-11H,2,8-9,12H2,1,3H3,(H,20,23)(H,21,26)/b14-4+,22-10-. The quantitative estimate of drug-likeness (QED) is 0.601. The van der Waals surface area contributed by atoms with Gasteiger partial charge in [0.15, 0.2) is 11.6 Å². The fourth-order valence-corrected chi connectivity index (χ4v) is 2.70. The van der Waals surface area contributed by atoms with Crippen LogP contribution in [0.25, 0.3) is 5.57 Å². The molecule has 3 rings (SSSR count). The van der Waals surface area contributed by atoms with Gasteiger partial charge >= 0.3 is 0 Å². The lowest BCUT2D eigenvalue weighted by molar-refractivity contribution is 0.291. The maximum absolute atomic E-state index is 12.0. The number of aromatic amines is 1. The van der Waals surface area contributed by atoms with E-state index in [2.05, 4.69) is 26.9 Å². The minimum Gasteiger partial charge on any atom is -0.481 e. The average molecular weight is 366 g/mol. The summed E-state index contributed by atoms with van der Waals surface area (Å²) in [5.74, 6) is 1.72. The molecular weight excluding hydrogens is 344 g/mol. The van der Waals surface area contributed by atoms with Gasteiger partial charge in [-0.15, -0.1) is 0 Å². The third kappa shape index (κ3) is 4.22. The second-order valence-electron chi connectivity index (χ2n) is 5.90. The van der Waals surface area contributed by atoms with Crippen LogP contribution >= 0.6 is 0 Å². The Morgan fingerprint density at radius 1 is 1.52 bits per heavy atom. The molecule has 8 heteroatoms. The molecule has 0 fully saturated rings. The number of nitrogens with zero attached hydrogens (tertiary/aromatic N) is 4. The van der Waals surface area contributed by atoms with Crippen molar-refractivity contribution >= 4 is 23.4 Å². The maximum atomic E-state index is 12.0. The fraction of sp³-hybridized carbons (Fsp3) is 0.263. The molecule has 3 heterocycles. The highest BCUT2D eigenvalue weighted by atomic mass is 16.5. The number of nitrogens with one attached hydrogen (secondary N) is 2. The molecule has 140 valence electrons. The molecule has 8 nitrogen and oxygen atoms in total. The number of methoxy groups -OCH3 is 1. The first-order valence-electron chi connectivity index (χ1n) is 8.58. The topological polar surface area (TPSA) is 95.5 Å². The summed E-state index contributed by atoms with van der Waals surface area (Å²) in [4.78, 5) is 30.2. The molecule has 1 aliphatic rings. The molecule has 0 bridgehead atoms. The molecule has 1 aliphatic heterocycles. The second-order valence-corrected chi connectivity index (χ2v) is 5.90. The minimum atomic E-state index is -0.0962. The molecule has 2 aromatic rings. The van der Waals surface area contributed by atoms with Crippen LogP contribution in [0.5, 0.6) is 0 Å². The van der Waals surface area contributed by atoms with Crippen LogP contribution in [-0.4, -0.2) is 41.4 Å². The van der Waals surface area contributed by atoms with Gasteiger partial charge in [0.1, 0.15) is 0 Å². The normalized spacial score (nSPS) is 14.0. The zero-order valence-electron chi connectivity index (χ0n) is 15.4. The van der Waals surface area contributed by atoms with Crippen LogP contribution in [-0.2, 0) is 11.3 Å². The lowest BCUT2D eigenvalue weighted by Gasteiger charge is -2.30. The summed E-state index contributed by atoms with van der Waals surface area (Å²) in [7, 11) is 1.52. The van der Waals surface area contributed by atoms with Gasteiger partial charge in [0.05, 0.1) is 19.0 Å². The van der Waals surface area contributed by atoms with Gasteiger partial charge in [-0.05, 0) is 19.6 Å². The summed E-state index contributed by atoms with van der Waals surface area (Å²) in [5, 5.41) is 3.25. The van der Waals surface area contributed by atoms with Crippen molar-refractivity contribution in [1.29, 1.82) is 0 Å². The minimum absolute atomic E-state index is 0.0962. The van der Waals surface area contributed by atoms with Crippen LogP contribution in [0.3, 0.4) is 0 Å². The van der Waals surface area contributed by atoms with E-state index in [0.717, 1.165) is 18.7 Å². The maximum Gasteiger partial charge on any atom is 0.252 e. The number of aromatic nitrogens is 3. The van der Waals surface area contributed by atoms with Crippen molar-refractivity contribution in [3.05, 3.63) is 64.7 Å². The third-order valence-corrected chi connectivity index (χ3v) is 4.18. The first kappa shape index (κ1) is 18.4. The summed E-state index contributed by atoms with van der Waals surface area (Å²) < 4.78 is 4.96. The van der Waals surface area contributed by atoms with E-state index in [1.165, 1.54) is 7.11 Å². The van der Waals surface area contributed by atoms with E-state index in [0.29, 0.717) is 35.3 Å². The van der Waals surface area contributed by atoms with Crippen LogP contribution in [0.1, 0.15) is 18.2 Å². The Labute approximate surface area is 157 Å². The Hall–Kier alpha value is -3.42. The van der Waals surface area contributed by atoms with Crippen molar-refractivity contribution in [2.75, 3.05) is 30.4 Å². The van der Waals surface area contributed by atoms with Crippen LogP contribution in [0, 0.1) is 0 Å². The van der Waals surface area contributed by atoms with E-state index in [1.807, 2.05) is 30.0 Å². The molecule has 0 spiro atoms. The van der Waals surface area contributed by atoms with Crippen LogP contribution in [0.2, 0.25) is 0 Å². The van der Waals surface area contributed by atoms with Crippen molar-refractivity contribution in [1.82, 2.24) is 15.0 Å². The number of aliphatic imine (C=N–C) groups is 1. The Morgan fingerprint density at radius 3 is 3.11 bits per heavy atom. The van der Waals surface area contributed by atoms with Gasteiger partial charge in [0.2, 0.25) is 5.88 Å². The number of allylic oxidation sites excluding steroid dienone is 2. The zero-order chi connectivity index (χ0) is 19.2. The number of fused-ring (bicyclic) bond motifs is 1. The average Bonchev–Trinajstić information content (AvgIpc) is 2.70. The predicted molar refractivity (Wildman–Crippen MR) is 107 cm³/mol. The van der Waals surface area contributed by atoms with Crippen LogP contribution in [0.15, 0.2) is 52.9 Å². The fourth-order valence-electron chi connectivity index (χ4n) is 2.70. The molecule has 0 unspecified atom stereocenters. The van der Waals surface area contributed by atoms with Crippen LogP contribution < -0.4 is 15.8 Å². The number of pyridine rings is 1. The highest BCUT2D eigenvalue weighted by Gasteiger charge is 2.21. The summed E-state index contributed by atoms with van der Waals surface area (Å²) in [5.41, 5.74) is 2.06. The molecular formula is C19H22N6O2. The van der Waals surface area contributed by atoms with E-state index < -0.39 is 0 Å². The molecule has 0 saturated heterocycles. The number of H-pyrrole nitrogens is 1. The predicted octanol–water partition coefficient (Wildman–Crippen LogP) is 2.19. The van der Waals surface area contributed by atoms with Gasteiger partial charge in [0.25, 0.3) is 5.56 Å². The second kappa shape index (κ2) is 8.31. The number of anilines is 2. The van der Waals surface area contributed by atoms with Gasteiger partial charge < -0.3 is 19.9 Å². The summed E-state index contributed by atoms with van der Waals surface area (Å²) >= 11 is 0. The highest BCUT2D eigenvalue weighted by molar-refractivity contribution is 6.09. The van der Waals surface area contributed by atoms with Crippen molar-refractivity contribution in [2.24, 2.45) is 4.99 Å². The summed E-state index contributed by atoms with van der Waals surface area (Å²) in [6.07, 6.45) is 6.86. The molecule has 0 saturated carbocycles. The van der Waals surface area contributed by atoms with E-state index in [1.54, 1.807) is 18.6 Å². The summed E-state index contributed by atoms with van der Waals surface area (Å²) in [6.45, 7) is 7.49. The van der Waals surface area contributed by atoms with E-state index in [9.17, 15) is 4.79 Å². The van der Waals surface area contributed by atoms with Gasteiger partial charge in [-0.1, -0.05) is 12.1 Å². The number of hydrogen-bond donors (Lipinski definition) is 2. The largest absolute Gasteiger partial charge is 0.481 e. The van der Waals surface area contributed by atoms with Crippen molar-refractivity contribution in [3.63, 3.8) is 0 Å². The number of ether oxygens (including phenoxy) is 1. The third-order valence-electron chi connectivity index (χ3n) is 4.18. The first-order chi connectivity index (χ1) is 13.1. The Kier molecular flexibility index (Phi) is 5.65. The van der Waals surface area contributed by atoms with Gasteiger partial charge in [-0.2, -0.15) is 0 Å². The van der Waals surface area contributed by atoms with Crippen molar-refractivity contribution in [3.8, 4) is 0 Å². The highest BCUT2D eigenvalue weighted by Crippen LogP contribution is 2.27. The van der Waals surface area contributed by atoms with E-state index in [-0.39, 0.29) is 5.56 Å². The SMILES string of the molecule is C=C(/N=C\C(=C/C)c1cnc2c(n1)N(Cc1ccc[nH]c1=O)CCN2)OC. The van der Waals surface area contributed by atoms with E-state index >= 15 is 0 Å². The van der Waals surface area contributed by atoms with Crippen molar-refractivity contribution < 1.29 is 4.74 Å². The number of rotatable bonds is 6. The monoisotopic (exact) mass is 366 g/mol. The lowest BCUT2D eigenvalue weighted by atomic mass is 10.2. The molecule has 0 aromatic carbocycles. The molecule has 2 N–H and O–H groups in total. The molecule has 0 radical (unpaired) electrons. The number of hydrogen-bond acceptors (Lipinski definition) is 7. The van der Waals surface area contributed by atoms with E-state index in [4.69, 9.17) is 9.72 Å². The molecule has 0 amide bonds. The summed E-state index contributed by atoms with van der Waals surface area (Å²) in [6, 6.07) is 3.64. The van der Waals surface area contributed by atoms with Crippen LogP contribution in [0.4, 0.5) is 11.6 Å². The Morgan fingerprint density at radius 2 is 2.37 bits per heavy atom. The van der Waals surface area contributed by atoms with Crippen molar-refractivity contribution in [2.45, 2.75) is 13.5 Å². The van der Waals surface area contributed by atoms with Gasteiger partial charge in [-0.3, -0.25) is 4.79 Å². The Balaban J connectivity index is 1.91. The van der Waals surface area contributed by atoms with Gasteiger partial charge in [0, 0.05) is 43.2 Å². The molecule has 2 aromatic heterocycles. The smallest absolute Gasteiger partial charge is 0.252 e. The van der Waals surface area contributed by atoms with Gasteiger partial charge in [-0.25, -0.2) is 15.0 Å². The first-order valence-corrected chi connectivity index (χ1v) is 8.58. The Bertz CT molecular complexity index is 947. The lowest BCUT2D eigenvalue weighted by Crippen LogP contribution is -2.36. The molecule has 0 atom stereocenters.